The zero-order chi connectivity index (χ0) is 25.7. The molecule has 0 spiro atoms. The van der Waals surface area contributed by atoms with Gasteiger partial charge in [-0.15, -0.1) is 11.3 Å². The maximum absolute atomic E-state index is 13.8. The second-order valence-electron chi connectivity index (χ2n) is 10.0. The molecule has 2 aliphatic carbocycles. The first-order valence-electron chi connectivity index (χ1n) is 13.0. The maximum Gasteiger partial charge on any atom is 0.349 e. The average Bonchev–Trinajstić information content (AvgIpc) is 3.23. The number of rotatable bonds is 9. The number of carbonyl (C=O) groups is 3. The Morgan fingerprint density at radius 1 is 1.00 bits per heavy atom. The Kier molecular flexibility index (Phi) is 8.67. The number of amides is 1. The zero-order valence-electron chi connectivity index (χ0n) is 20.8. The van der Waals surface area contributed by atoms with E-state index in [1.807, 2.05) is 29.2 Å². The van der Waals surface area contributed by atoms with E-state index in [4.69, 9.17) is 9.84 Å². The van der Waals surface area contributed by atoms with E-state index in [9.17, 15) is 19.5 Å². The van der Waals surface area contributed by atoms with Gasteiger partial charge in [-0.3, -0.25) is 4.79 Å². The number of benzene rings is 1. The van der Waals surface area contributed by atoms with Crippen molar-refractivity contribution in [3.63, 3.8) is 0 Å². The van der Waals surface area contributed by atoms with Gasteiger partial charge in [0.15, 0.2) is 11.5 Å². The fraction of sp³-hybridized carbons (Fsp3) is 0.536. The summed E-state index contributed by atoms with van der Waals surface area (Å²) in [6.45, 7) is 1.85. The van der Waals surface area contributed by atoms with Crippen LogP contribution in [0.15, 0.2) is 24.3 Å². The van der Waals surface area contributed by atoms with Gasteiger partial charge in [-0.2, -0.15) is 0 Å². The zero-order valence-corrected chi connectivity index (χ0v) is 21.6. The number of aliphatic carboxylic acids is 1. The van der Waals surface area contributed by atoms with Crippen LogP contribution in [0.2, 0.25) is 0 Å². The third-order valence-electron chi connectivity index (χ3n) is 7.43. The highest BCUT2D eigenvalue weighted by Crippen LogP contribution is 2.42. The fourth-order valence-electron chi connectivity index (χ4n) is 5.56. The lowest BCUT2D eigenvalue weighted by molar-refractivity contribution is -0.139. The molecular weight excluding hydrogens is 478 g/mol. The molecule has 0 bridgehead atoms. The molecule has 2 aliphatic rings. The van der Waals surface area contributed by atoms with Crippen LogP contribution < -0.4 is 9.64 Å². The summed E-state index contributed by atoms with van der Waals surface area (Å²) in [4.78, 5) is 39.3. The Morgan fingerprint density at radius 2 is 1.67 bits per heavy atom. The van der Waals surface area contributed by atoms with Gasteiger partial charge in [0.25, 0.3) is 0 Å². The first kappa shape index (κ1) is 26.2. The standard InChI is InChI=1S/C28H35NO6S/c1-18-24(35-17-23(30)31)26(28(33)34)36-25(18)21-13-8-14-22(15-21)29(16-19-9-4-2-5-10-19)27(32)20-11-6-3-7-12-20/h8,13-15,19-20H,2-7,9-12,16-17H2,1H3,(H,30,31)(H,33,34). The lowest BCUT2D eigenvalue weighted by atomic mass is 9.86. The second-order valence-corrected chi connectivity index (χ2v) is 11.1. The number of thiophene rings is 1. The monoisotopic (exact) mass is 513 g/mol. The number of nitrogens with zero attached hydrogens (tertiary/aromatic N) is 1. The number of aromatic carboxylic acids is 1. The van der Waals surface area contributed by atoms with Crippen molar-refractivity contribution in [2.24, 2.45) is 11.8 Å². The van der Waals surface area contributed by atoms with Crippen LogP contribution in [0.3, 0.4) is 0 Å². The predicted octanol–water partition coefficient (Wildman–Crippen LogP) is 6.38. The minimum absolute atomic E-state index is 0.0218. The van der Waals surface area contributed by atoms with Gasteiger partial charge in [0.05, 0.1) is 0 Å². The highest BCUT2D eigenvalue weighted by molar-refractivity contribution is 7.18. The highest BCUT2D eigenvalue weighted by atomic mass is 32.1. The summed E-state index contributed by atoms with van der Waals surface area (Å²) < 4.78 is 5.35. The number of carboxylic acid groups (broad SMARTS) is 2. The molecule has 0 atom stereocenters. The van der Waals surface area contributed by atoms with Crippen LogP contribution in [-0.4, -0.2) is 41.2 Å². The van der Waals surface area contributed by atoms with Gasteiger partial charge < -0.3 is 19.8 Å². The van der Waals surface area contributed by atoms with Crippen molar-refractivity contribution < 1.29 is 29.3 Å². The molecule has 36 heavy (non-hydrogen) atoms. The molecule has 8 heteroatoms. The molecule has 0 radical (unpaired) electrons. The smallest absolute Gasteiger partial charge is 0.349 e. The van der Waals surface area contributed by atoms with Gasteiger partial charge in [0.2, 0.25) is 5.91 Å². The van der Waals surface area contributed by atoms with Crippen molar-refractivity contribution in [3.8, 4) is 16.2 Å². The quantitative estimate of drug-likeness (QED) is 0.403. The molecule has 2 aromatic rings. The molecule has 2 fully saturated rings. The minimum Gasteiger partial charge on any atom is -0.480 e. The van der Waals surface area contributed by atoms with E-state index in [1.54, 1.807) is 6.92 Å². The van der Waals surface area contributed by atoms with Crippen molar-refractivity contribution in [2.75, 3.05) is 18.1 Å². The molecule has 1 amide bonds. The van der Waals surface area contributed by atoms with Gasteiger partial charge in [-0.05, 0) is 56.2 Å². The largest absolute Gasteiger partial charge is 0.480 e. The SMILES string of the molecule is Cc1c(-c2cccc(N(CC3CCCCC3)C(=O)C3CCCCC3)c2)sc(C(=O)O)c1OCC(=O)O. The lowest BCUT2D eigenvalue weighted by Gasteiger charge is -2.33. The molecule has 7 nitrogen and oxygen atoms in total. The number of hydrogen-bond donors (Lipinski definition) is 2. The third kappa shape index (κ3) is 6.09. The van der Waals surface area contributed by atoms with E-state index in [0.29, 0.717) is 16.4 Å². The third-order valence-corrected chi connectivity index (χ3v) is 8.74. The molecule has 4 rings (SSSR count). The molecule has 1 heterocycles. The molecule has 1 aromatic carbocycles. The first-order chi connectivity index (χ1) is 17.3. The molecular formula is C28H35NO6S. The Balaban J connectivity index is 1.68. The van der Waals surface area contributed by atoms with Gasteiger partial charge in [-0.1, -0.05) is 50.7 Å². The number of hydrogen-bond acceptors (Lipinski definition) is 5. The first-order valence-corrected chi connectivity index (χ1v) is 13.8. The Morgan fingerprint density at radius 3 is 2.31 bits per heavy atom. The highest BCUT2D eigenvalue weighted by Gasteiger charge is 2.30. The van der Waals surface area contributed by atoms with Crippen LogP contribution in [0.25, 0.3) is 10.4 Å². The maximum atomic E-state index is 13.8. The van der Waals surface area contributed by atoms with Crippen LogP contribution in [0.5, 0.6) is 5.75 Å². The molecule has 194 valence electrons. The van der Waals surface area contributed by atoms with Crippen LogP contribution >= 0.6 is 11.3 Å². The number of anilines is 1. The average molecular weight is 514 g/mol. The van der Waals surface area contributed by atoms with Crippen LogP contribution in [0.4, 0.5) is 5.69 Å². The Hall–Kier alpha value is -2.87. The minimum atomic E-state index is -1.17. The number of carboxylic acids is 2. The summed E-state index contributed by atoms with van der Waals surface area (Å²) in [5.41, 5.74) is 2.23. The van der Waals surface area contributed by atoms with E-state index in [0.717, 1.165) is 67.7 Å². The van der Waals surface area contributed by atoms with Gasteiger partial charge in [0, 0.05) is 28.6 Å². The lowest BCUT2D eigenvalue weighted by Crippen LogP contribution is -2.40. The predicted molar refractivity (Wildman–Crippen MR) is 140 cm³/mol. The van der Waals surface area contributed by atoms with Crippen molar-refractivity contribution in [1.29, 1.82) is 0 Å². The topological polar surface area (TPSA) is 104 Å². The summed E-state index contributed by atoms with van der Waals surface area (Å²) in [6.07, 6.45) is 11.2. The summed E-state index contributed by atoms with van der Waals surface area (Å²) in [5.74, 6) is -1.47. The second kappa shape index (κ2) is 11.9. The number of carbonyl (C=O) groups excluding carboxylic acids is 1. The van der Waals surface area contributed by atoms with E-state index in [1.165, 1.54) is 25.7 Å². The summed E-state index contributed by atoms with van der Waals surface area (Å²) in [7, 11) is 0. The van der Waals surface area contributed by atoms with E-state index in [-0.39, 0.29) is 22.5 Å². The van der Waals surface area contributed by atoms with Crippen molar-refractivity contribution in [1.82, 2.24) is 0 Å². The van der Waals surface area contributed by atoms with E-state index in [2.05, 4.69) is 0 Å². The van der Waals surface area contributed by atoms with Crippen molar-refractivity contribution in [2.45, 2.75) is 71.1 Å². The van der Waals surface area contributed by atoms with Gasteiger partial charge in [0.1, 0.15) is 5.75 Å². The molecule has 0 unspecified atom stereocenters. The summed E-state index contributed by atoms with van der Waals surface area (Å²) >= 11 is 1.07. The fourth-order valence-corrected chi connectivity index (χ4v) is 6.64. The van der Waals surface area contributed by atoms with Crippen LogP contribution in [-0.2, 0) is 9.59 Å². The van der Waals surface area contributed by atoms with E-state index < -0.39 is 18.5 Å². The molecule has 2 saturated carbocycles. The Bertz CT molecular complexity index is 1100. The summed E-state index contributed by atoms with van der Waals surface area (Å²) in [5, 5.41) is 18.7. The van der Waals surface area contributed by atoms with Gasteiger partial charge in [-0.25, -0.2) is 9.59 Å². The molecule has 2 N–H and O–H groups in total. The van der Waals surface area contributed by atoms with Gasteiger partial charge >= 0.3 is 11.9 Å². The van der Waals surface area contributed by atoms with Crippen LogP contribution in [0.1, 0.15) is 79.4 Å². The molecule has 1 aromatic heterocycles. The summed E-state index contributed by atoms with van der Waals surface area (Å²) in [6, 6.07) is 7.74. The Labute approximate surface area is 216 Å². The van der Waals surface area contributed by atoms with Crippen LogP contribution in [0, 0.1) is 18.8 Å². The van der Waals surface area contributed by atoms with Crippen molar-refractivity contribution >= 4 is 34.9 Å². The van der Waals surface area contributed by atoms with E-state index >= 15 is 0 Å². The molecule has 0 aliphatic heterocycles. The molecule has 0 saturated heterocycles. The van der Waals surface area contributed by atoms with Crippen molar-refractivity contribution in [3.05, 3.63) is 34.7 Å². The number of ether oxygens (including phenoxy) is 1. The normalized spacial score (nSPS) is 17.0.